The van der Waals surface area contributed by atoms with Gasteiger partial charge in [0.05, 0.1) is 6.20 Å². The highest BCUT2D eigenvalue weighted by Gasteiger charge is 2.13. The first-order chi connectivity index (χ1) is 10.8. The normalized spacial score (nSPS) is 18.1. The number of aromatic nitrogens is 4. The number of rotatable bonds is 5. The van der Waals surface area contributed by atoms with Crippen LogP contribution in [0.1, 0.15) is 25.5 Å². The van der Waals surface area contributed by atoms with Gasteiger partial charge in [-0.15, -0.1) is 0 Å². The molecule has 0 aliphatic carbocycles. The molecule has 1 unspecified atom stereocenters. The maximum atomic E-state index is 4.59. The summed E-state index contributed by atoms with van der Waals surface area (Å²) in [5.74, 6) is 2.17. The number of anilines is 1. The van der Waals surface area contributed by atoms with Crippen molar-refractivity contribution in [2.24, 2.45) is 5.92 Å². The van der Waals surface area contributed by atoms with Crippen LogP contribution in [0.15, 0.2) is 24.7 Å². The van der Waals surface area contributed by atoms with Crippen molar-refractivity contribution in [2.45, 2.75) is 26.2 Å². The summed E-state index contributed by atoms with van der Waals surface area (Å²) in [4.78, 5) is 17.5. The lowest BCUT2D eigenvalue weighted by Crippen LogP contribution is -2.33. The summed E-state index contributed by atoms with van der Waals surface area (Å²) in [5, 5.41) is 6.90. The van der Waals surface area contributed by atoms with E-state index >= 15 is 0 Å². The van der Waals surface area contributed by atoms with Gasteiger partial charge >= 0.3 is 0 Å². The Balaban J connectivity index is 1.75. The molecule has 0 bridgehead atoms. The second-order valence-electron chi connectivity index (χ2n) is 5.61. The summed E-state index contributed by atoms with van der Waals surface area (Å²) in [6.45, 7) is 5.25. The number of nitrogens with zero attached hydrogens (tertiary/aromatic N) is 4. The molecule has 0 saturated carbocycles. The lowest BCUT2D eigenvalue weighted by molar-refractivity contribution is 0.392. The Morgan fingerprint density at radius 1 is 1.32 bits per heavy atom. The molecule has 3 rings (SSSR count). The van der Waals surface area contributed by atoms with Crippen molar-refractivity contribution in [2.75, 3.05) is 25.0 Å². The minimum absolute atomic E-state index is 0.636. The molecule has 6 nitrogen and oxygen atoms in total. The molecule has 6 heteroatoms. The van der Waals surface area contributed by atoms with E-state index in [0.717, 1.165) is 37.6 Å². The summed E-state index contributed by atoms with van der Waals surface area (Å²) in [5.41, 5.74) is 1.72. The van der Waals surface area contributed by atoms with Crippen molar-refractivity contribution >= 4 is 5.82 Å². The van der Waals surface area contributed by atoms with Gasteiger partial charge in [0.25, 0.3) is 0 Å². The van der Waals surface area contributed by atoms with Gasteiger partial charge in [0, 0.05) is 30.7 Å². The second kappa shape index (κ2) is 7.26. The zero-order valence-corrected chi connectivity index (χ0v) is 12.9. The zero-order chi connectivity index (χ0) is 15.2. The Bertz CT molecular complexity index is 595. The van der Waals surface area contributed by atoms with E-state index in [9.17, 15) is 0 Å². The third-order valence-electron chi connectivity index (χ3n) is 3.90. The van der Waals surface area contributed by atoms with E-state index in [-0.39, 0.29) is 0 Å². The van der Waals surface area contributed by atoms with Gasteiger partial charge in [-0.3, -0.25) is 4.98 Å². The number of nitrogens with one attached hydrogen (secondary N) is 2. The van der Waals surface area contributed by atoms with Gasteiger partial charge in [-0.05, 0) is 38.3 Å². The second-order valence-corrected chi connectivity index (χ2v) is 5.61. The first-order valence-electron chi connectivity index (χ1n) is 7.94. The monoisotopic (exact) mass is 298 g/mol. The molecule has 0 amide bonds. The lowest BCUT2D eigenvalue weighted by atomic mass is 10.00. The zero-order valence-electron chi connectivity index (χ0n) is 12.9. The van der Waals surface area contributed by atoms with Crippen LogP contribution in [-0.4, -0.2) is 39.6 Å². The van der Waals surface area contributed by atoms with E-state index in [0.29, 0.717) is 17.4 Å². The Labute approximate surface area is 130 Å². The Morgan fingerprint density at radius 3 is 3.00 bits per heavy atom. The third-order valence-corrected chi connectivity index (χ3v) is 3.90. The highest BCUT2D eigenvalue weighted by molar-refractivity contribution is 5.51. The van der Waals surface area contributed by atoms with Crippen LogP contribution < -0.4 is 10.6 Å². The summed E-state index contributed by atoms with van der Waals surface area (Å²) in [6, 6.07) is 2.02. The number of piperidine rings is 1. The molecule has 3 heterocycles. The molecule has 2 aromatic heterocycles. The first kappa shape index (κ1) is 14.8. The smallest absolute Gasteiger partial charge is 0.182 e. The minimum Gasteiger partial charge on any atom is -0.370 e. The average molecular weight is 298 g/mol. The number of hydrogen-bond acceptors (Lipinski definition) is 6. The molecular weight excluding hydrogens is 276 g/mol. The Hall–Kier alpha value is -2.08. The quantitative estimate of drug-likeness (QED) is 0.878. The van der Waals surface area contributed by atoms with Gasteiger partial charge < -0.3 is 10.6 Å². The van der Waals surface area contributed by atoms with Crippen LogP contribution in [0.25, 0.3) is 11.5 Å². The van der Waals surface area contributed by atoms with Crippen LogP contribution in [0, 0.1) is 5.92 Å². The van der Waals surface area contributed by atoms with E-state index in [2.05, 4.69) is 37.5 Å². The van der Waals surface area contributed by atoms with E-state index in [4.69, 9.17) is 0 Å². The van der Waals surface area contributed by atoms with Crippen LogP contribution in [0.2, 0.25) is 0 Å². The predicted octanol–water partition coefficient (Wildman–Crippen LogP) is 1.91. The number of hydrogen-bond donors (Lipinski definition) is 2. The van der Waals surface area contributed by atoms with Crippen molar-refractivity contribution in [3.8, 4) is 11.5 Å². The van der Waals surface area contributed by atoms with Crippen LogP contribution in [-0.2, 0) is 6.42 Å². The molecule has 2 aromatic rings. The predicted molar refractivity (Wildman–Crippen MR) is 86.5 cm³/mol. The summed E-state index contributed by atoms with van der Waals surface area (Å²) < 4.78 is 0. The molecule has 2 N–H and O–H groups in total. The molecular formula is C16H22N6. The van der Waals surface area contributed by atoms with Gasteiger partial charge in [0.15, 0.2) is 5.82 Å². The standard InChI is InChI=1S/C16H22N6/c1-2-13-8-15(20-10-12-4-3-5-17-9-12)22-16(21-13)14-11-18-6-7-19-14/h6-8,11-12,17H,2-5,9-10H2,1H3,(H,20,21,22). The van der Waals surface area contributed by atoms with E-state index < -0.39 is 0 Å². The van der Waals surface area contributed by atoms with Crippen LogP contribution >= 0.6 is 0 Å². The first-order valence-corrected chi connectivity index (χ1v) is 7.94. The Kier molecular flexibility index (Phi) is 4.90. The van der Waals surface area contributed by atoms with Crippen LogP contribution in [0.4, 0.5) is 5.82 Å². The maximum absolute atomic E-state index is 4.59. The van der Waals surface area contributed by atoms with E-state index in [1.807, 2.05) is 6.07 Å². The molecule has 1 saturated heterocycles. The fraction of sp³-hybridized carbons (Fsp3) is 0.500. The van der Waals surface area contributed by atoms with E-state index in [1.54, 1.807) is 18.6 Å². The maximum Gasteiger partial charge on any atom is 0.182 e. The van der Waals surface area contributed by atoms with Crippen molar-refractivity contribution in [3.05, 3.63) is 30.4 Å². The van der Waals surface area contributed by atoms with Gasteiger partial charge in [-0.1, -0.05) is 6.92 Å². The molecule has 1 aliphatic rings. The van der Waals surface area contributed by atoms with Crippen molar-refractivity contribution in [3.63, 3.8) is 0 Å². The number of aryl methyl sites for hydroxylation is 1. The van der Waals surface area contributed by atoms with E-state index in [1.165, 1.54) is 12.8 Å². The topological polar surface area (TPSA) is 75.6 Å². The molecule has 116 valence electrons. The summed E-state index contributed by atoms with van der Waals surface area (Å²) in [7, 11) is 0. The van der Waals surface area contributed by atoms with Crippen molar-refractivity contribution in [1.82, 2.24) is 25.3 Å². The molecule has 22 heavy (non-hydrogen) atoms. The molecule has 1 fully saturated rings. The van der Waals surface area contributed by atoms with Crippen molar-refractivity contribution in [1.29, 1.82) is 0 Å². The Morgan fingerprint density at radius 2 is 2.27 bits per heavy atom. The molecule has 0 aromatic carbocycles. The summed E-state index contributed by atoms with van der Waals surface area (Å²) in [6.07, 6.45) is 8.41. The molecule has 1 aliphatic heterocycles. The van der Waals surface area contributed by atoms with Crippen molar-refractivity contribution < 1.29 is 0 Å². The third kappa shape index (κ3) is 3.76. The highest BCUT2D eigenvalue weighted by Crippen LogP contribution is 2.17. The molecule has 0 spiro atoms. The molecule has 1 atom stereocenters. The van der Waals surface area contributed by atoms with Gasteiger partial charge in [0.1, 0.15) is 11.5 Å². The SMILES string of the molecule is CCc1cc(NCC2CCCNC2)nc(-c2cnccn2)n1. The van der Waals surface area contributed by atoms with Gasteiger partial charge in [0.2, 0.25) is 0 Å². The fourth-order valence-corrected chi connectivity index (χ4v) is 2.65. The highest BCUT2D eigenvalue weighted by atomic mass is 15.0. The van der Waals surface area contributed by atoms with Gasteiger partial charge in [-0.25, -0.2) is 15.0 Å². The largest absolute Gasteiger partial charge is 0.370 e. The minimum atomic E-state index is 0.636. The van der Waals surface area contributed by atoms with Crippen LogP contribution in [0.5, 0.6) is 0 Å². The van der Waals surface area contributed by atoms with Gasteiger partial charge in [-0.2, -0.15) is 0 Å². The summed E-state index contributed by atoms with van der Waals surface area (Å²) >= 11 is 0. The average Bonchev–Trinajstić information content (AvgIpc) is 2.61. The van der Waals surface area contributed by atoms with Crippen LogP contribution in [0.3, 0.4) is 0 Å². The fourth-order valence-electron chi connectivity index (χ4n) is 2.65. The lowest BCUT2D eigenvalue weighted by Gasteiger charge is -2.23. The molecule has 0 radical (unpaired) electrons.